The molecule has 0 aliphatic heterocycles. The van der Waals surface area contributed by atoms with E-state index in [1.165, 1.54) is 32.1 Å². The van der Waals surface area contributed by atoms with Gasteiger partial charge in [-0.1, -0.05) is 59.8 Å². The molecule has 0 aromatic carbocycles. The Morgan fingerprint density at radius 2 is 1.12 bits per heavy atom. The van der Waals surface area contributed by atoms with E-state index in [1.807, 2.05) is 0 Å². The smallest absolute Gasteiger partial charge is 0.0483 e. The monoisotopic (exact) mass is 233 g/mol. The van der Waals surface area contributed by atoms with Crippen molar-refractivity contribution in [3.05, 3.63) is 0 Å². The van der Waals surface area contributed by atoms with E-state index in [2.05, 4.69) is 33.0 Å². The Labute approximate surface area is 104 Å². The van der Waals surface area contributed by atoms with Gasteiger partial charge in [-0.25, -0.2) is 0 Å². The molecule has 16 heavy (non-hydrogen) atoms. The highest BCUT2D eigenvalue weighted by Crippen LogP contribution is 2.00. The van der Waals surface area contributed by atoms with Crippen molar-refractivity contribution in [2.24, 2.45) is 0 Å². The molecule has 2 heteroatoms. The van der Waals surface area contributed by atoms with Crippen molar-refractivity contribution in [3.63, 3.8) is 0 Å². The lowest BCUT2D eigenvalue weighted by atomic mass is 10.2. The number of unbranched alkanes of at least 4 members (excludes halogenated alkanes) is 4. The largest absolute Gasteiger partial charge is 0.394 e. The Hall–Kier alpha value is -0.0800. The maximum absolute atomic E-state index is 8.06. The Morgan fingerprint density at radius 3 is 1.25 bits per heavy atom. The van der Waals surface area contributed by atoms with Gasteiger partial charge in [-0.2, -0.15) is 0 Å². The summed E-state index contributed by atoms with van der Waals surface area (Å²) < 4.78 is 0. The van der Waals surface area contributed by atoms with Crippen LogP contribution in [-0.2, 0) is 0 Å². The van der Waals surface area contributed by atoms with Crippen LogP contribution in [-0.4, -0.2) is 24.3 Å². The van der Waals surface area contributed by atoms with Crippen LogP contribution in [0.4, 0.5) is 0 Å². The lowest BCUT2D eigenvalue weighted by molar-refractivity contribution is 0.216. The molecule has 0 aromatic rings. The van der Waals surface area contributed by atoms with Crippen LogP contribution in [0.5, 0.6) is 0 Å². The third kappa shape index (κ3) is 66.3. The Balaban J connectivity index is -0.000000166. The zero-order chi connectivity index (χ0) is 13.2. The first kappa shape index (κ1) is 21.2. The molecule has 0 unspecified atom stereocenters. The molecule has 0 bridgehead atoms. The zero-order valence-electron chi connectivity index (χ0n) is 12.5. The fourth-order valence-electron chi connectivity index (χ4n) is 0.927. The molecule has 0 aromatic heterocycles. The van der Waals surface area contributed by atoms with Gasteiger partial charge in [-0.15, -0.1) is 0 Å². The zero-order valence-corrected chi connectivity index (χ0v) is 12.5. The van der Waals surface area contributed by atoms with E-state index in [1.54, 1.807) is 13.8 Å². The fraction of sp³-hybridized carbons (Fsp3) is 1.00. The first-order chi connectivity index (χ1) is 7.56. The van der Waals surface area contributed by atoms with Gasteiger partial charge in [0.05, 0.1) is 0 Å². The molecule has 0 rings (SSSR count). The third-order valence-corrected chi connectivity index (χ3v) is 1.71. The predicted octanol–water partition coefficient (Wildman–Crippen LogP) is 3.98. The molecule has 0 heterocycles. The van der Waals surface area contributed by atoms with Crippen molar-refractivity contribution in [1.29, 1.82) is 0 Å². The molecule has 0 fully saturated rings. The molecule has 0 aliphatic rings. The van der Waals surface area contributed by atoms with Crippen LogP contribution in [0.2, 0.25) is 0 Å². The summed E-state index contributed by atoms with van der Waals surface area (Å²) >= 11 is 0. The molecule has 0 saturated carbocycles. The Kier molecular flexibility index (Phi) is 32.2. The summed E-state index contributed by atoms with van der Waals surface area (Å²) in [5, 5.41) is 11.2. The molecule has 0 aliphatic carbocycles. The highest BCUT2D eigenvalue weighted by atomic mass is 16.3. The van der Waals surface area contributed by atoms with Crippen molar-refractivity contribution >= 4 is 0 Å². The lowest BCUT2D eigenvalue weighted by Gasteiger charge is -1.90. The second-order valence-electron chi connectivity index (χ2n) is 4.11. The van der Waals surface area contributed by atoms with Crippen molar-refractivity contribution in [2.45, 2.75) is 79.8 Å². The van der Waals surface area contributed by atoms with Crippen LogP contribution in [0.3, 0.4) is 0 Å². The first-order valence-corrected chi connectivity index (χ1v) is 6.95. The molecule has 0 amide bonds. The molecule has 102 valence electrons. The van der Waals surface area contributed by atoms with Crippen molar-refractivity contribution in [3.8, 4) is 0 Å². The molecule has 0 radical (unpaired) electrons. The lowest BCUT2D eigenvalue weighted by Crippen LogP contribution is -2.09. The normalized spacial score (nSPS) is 9.00. The minimum absolute atomic E-state index is 0.167. The van der Waals surface area contributed by atoms with Crippen LogP contribution in [0, 0.1) is 0 Å². The van der Waals surface area contributed by atoms with Gasteiger partial charge in [0.25, 0.3) is 0 Å². The van der Waals surface area contributed by atoms with Gasteiger partial charge >= 0.3 is 0 Å². The highest BCUT2D eigenvalue weighted by Gasteiger charge is 1.80. The number of aliphatic hydroxyl groups excluding tert-OH is 1. The first-order valence-electron chi connectivity index (χ1n) is 6.95. The van der Waals surface area contributed by atoms with Crippen LogP contribution in [0.1, 0.15) is 73.6 Å². The quantitative estimate of drug-likeness (QED) is 0.680. The van der Waals surface area contributed by atoms with E-state index in [-0.39, 0.29) is 6.10 Å². The van der Waals surface area contributed by atoms with E-state index >= 15 is 0 Å². The molecule has 0 atom stereocenters. The fourth-order valence-corrected chi connectivity index (χ4v) is 0.927. The Bertz CT molecular complexity index is 76.0. The van der Waals surface area contributed by atoms with Crippen molar-refractivity contribution in [2.75, 3.05) is 13.1 Å². The van der Waals surface area contributed by atoms with Crippen LogP contribution in [0.15, 0.2) is 0 Å². The van der Waals surface area contributed by atoms with Crippen LogP contribution < -0.4 is 5.32 Å². The highest BCUT2D eigenvalue weighted by molar-refractivity contribution is 4.35. The Morgan fingerprint density at radius 1 is 0.812 bits per heavy atom. The van der Waals surface area contributed by atoms with E-state index in [9.17, 15) is 0 Å². The van der Waals surface area contributed by atoms with Gasteiger partial charge in [-0.3, -0.25) is 0 Å². The van der Waals surface area contributed by atoms with E-state index in [4.69, 9.17) is 5.11 Å². The van der Waals surface area contributed by atoms with Crippen molar-refractivity contribution in [1.82, 2.24) is 5.32 Å². The van der Waals surface area contributed by atoms with Gasteiger partial charge in [0.15, 0.2) is 0 Å². The van der Waals surface area contributed by atoms with E-state index < -0.39 is 0 Å². The molecule has 2 nitrogen and oxygen atoms in total. The topological polar surface area (TPSA) is 32.3 Å². The number of hydrogen-bond acceptors (Lipinski definition) is 2. The summed E-state index contributed by atoms with van der Waals surface area (Å²) in [6.45, 7) is 14.3. The SMILES string of the molecule is CC(C)O.CCCCCCC.CCNCC. The summed E-state index contributed by atoms with van der Waals surface area (Å²) in [6, 6.07) is 0. The van der Waals surface area contributed by atoms with Gasteiger partial charge in [0, 0.05) is 6.10 Å². The average Bonchev–Trinajstić information content (AvgIpc) is 2.20. The molecular weight excluding hydrogens is 198 g/mol. The van der Waals surface area contributed by atoms with Crippen molar-refractivity contribution < 1.29 is 5.11 Å². The molecule has 0 saturated heterocycles. The van der Waals surface area contributed by atoms with E-state index in [0.717, 1.165) is 13.1 Å². The number of hydrogen-bond donors (Lipinski definition) is 2. The number of aliphatic hydroxyl groups is 1. The maximum Gasteiger partial charge on any atom is 0.0483 e. The minimum Gasteiger partial charge on any atom is -0.394 e. The van der Waals surface area contributed by atoms with Gasteiger partial charge in [0.1, 0.15) is 0 Å². The van der Waals surface area contributed by atoms with E-state index in [0.29, 0.717) is 0 Å². The van der Waals surface area contributed by atoms with Crippen LogP contribution in [0.25, 0.3) is 0 Å². The summed E-state index contributed by atoms with van der Waals surface area (Å²) in [5.74, 6) is 0. The molecule has 2 N–H and O–H groups in total. The standard InChI is InChI=1S/C7H16.C4H11N.C3H8O/c1-3-5-7-6-4-2;1-3-5-4-2;1-3(2)4/h3-7H2,1-2H3;5H,3-4H2,1-2H3;3-4H,1-2H3. The van der Waals surface area contributed by atoms with Crippen LogP contribution >= 0.6 is 0 Å². The van der Waals surface area contributed by atoms with Gasteiger partial charge < -0.3 is 10.4 Å². The van der Waals surface area contributed by atoms with Gasteiger partial charge in [-0.05, 0) is 26.9 Å². The summed E-state index contributed by atoms with van der Waals surface area (Å²) in [4.78, 5) is 0. The molecular formula is C14H35NO. The average molecular weight is 233 g/mol. The number of nitrogens with one attached hydrogen (secondary N) is 1. The number of rotatable bonds is 6. The maximum atomic E-state index is 8.06. The van der Waals surface area contributed by atoms with Gasteiger partial charge in [0.2, 0.25) is 0 Å². The summed E-state index contributed by atoms with van der Waals surface area (Å²) in [7, 11) is 0. The summed E-state index contributed by atoms with van der Waals surface area (Å²) in [6.07, 6.45) is 6.84. The predicted molar refractivity (Wildman–Crippen MR) is 76.0 cm³/mol. The minimum atomic E-state index is -0.167. The third-order valence-electron chi connectivity index (χ3n) is 1.71. The second-order valence-corrected chi connectivity index (χ2v) is 4.11. The summed E-state index contributed by atoms with van der Waals surface area (Å²) in [5.41, 5.74) is 0. The second kappa shape index (κ2) is 24.2. The molecule has 0 spiro atoms.